The van der Waals surface area contributed by atoms with Crippen molar-refractivity contribution >= 4 is 17.8 Å². The maximum atomic E-state index is 12.6. The minimum absolute atomic E-state index is 0.0308. The topological polar surface area (TPSA) is 77.4 Å². The van der Waals surface area contributed by atoms with Gasteiger partial charge >= 0.3 is 12.1 Å². The Morgan fingerprint density at radius 2 is 2.00 bits per heavy atom. The average Bonchev–Trinajstić information content (AvgIpc) is 2.91. The van der Waals surface area contributed by atoms with E-state index in [1.807, 2.05) is 13.8 Å². The maximum absolute atomic E-state index is 12.6. The molecular weight excluding hydrogens is 288 g/mol. The van der Waals surface area contributed by atoms with Crippen LogP contribution in [0.4, 0.5) is 4.79 Å². The van der Waals surface area contributed by atoms with Gasteiger partial charge in [0.25, 0.3) is 0 Å². The van der Waals surface area contributed by atoms with E-state index in [2.05, 4.69) is 4.99 Å². The zero-order chi connectivity index (χ0) is 16.7. The number of hydrogen-bond donors (Lipinski definition) is 0. The fraction of sp³-hybridized carbons (Fsp3) is 0.800. The lowest BCUT2D eigenvalue weighted by molar-refractivity contribution is -0.133. The number of methoxy groups -OCH3 is 1. The summed E-state index contributed by atoms with van der Waals surface area (Å²) in [4.78, 5) is 30.1. The molecule has 2 rings (SSSR count). The lowest BCUT2D eigenvalue weighted by Gasteiger charge is -2.36. The van der Waals surface area contributed by atoms with Crippen molar-refractivity contribution in [2.45, 2.75) is 58.5 Å². The number of ether oxygens (including phenoxy) is 3. The molecular formula is C15H24N2O5. The van der Waals surface area contributed by atoms with Gasteiger partial charge in [-0.1, -0.05) is 6.92 Å². The third-order valence-electron chi connectivity index (χ3n) is 3.85. The highest BCUT2D eigenvalue weighted by molar-refractivity contribution is 6.37. The molecule has 2 aliphatic rings. The molecule has 0 radical (unpaired) electrons. The molecule has 0 aromatic carbocycles. The summed E-state index contributed by atoms with van der Waals surface area (Å²) in [7, 11) is 1.29. The van der Waals surface area contributed by atoms with Gasteiger partial charge in [0.1, 0.15) is 12.2 Å². The highest BCUT2D eigenvalue weighted by Gasteiger charge is 2.58. The standard InChI is InChI=1S/C15H24N2O5/c1-9-7-10(2)17(13(19)22-14(3,4)5)15(9)16-11(8-21-15)12(18)20-6/h9-10H,7-8H2,1-6H3/t9-,10+,15?/m0/s1. The summed E-state index contributed by atoms with van der Waals surface area (Å²) in [6, 6.07) is -0.0920. The zero-order valence-corrected chi connectivity index (χ0v) is 14.0. The number of esters is 1. The predicted octanol–water partition coefficient (Wildman–Crippen LogP) is 1.95. The van der Waals surface area contributed by atoms with Crippen LogP contribution in [0, 0.1) is 5.92 Å². The van der Waals surface area contributed by atoms with Crippen molar-refractivity contribution < 1.29 is 23.8 Å². The van der Waals surface area contributed by atoms with Gasteiger partial charge in [-0.2, -0.15) is 0 Å². The molecule has 0 saturated carbocycles. The van der Waals surface area contributed by atoms with Crippen LogP contribution in [-0.2, 0) is 19.0 Å². The number of rotatable bonds is 1. The van der Waals surface area contributed by atoms with Crippen LogP contribution in [-0.4, -0.2) is 53.9 Å². The van der Waals surface area contributed by atoms with Gasteiger partial charge in [-0.25, -0.2) is 14.6 Å². The molecule has 0 N–H and O–H groups in total. The smallest absolute Gasteiger partial charge is 0.414 e. The molecule has 1 spiro atoms. The molecule has 7 nitrogen and oxygen atoms in total. The van der Waals surface area contributed by atoms with Crippen molar-refractivity contribution in [1.82, 2.24) is 4.90 Å². The molecule has 0 aromatic heterocycles. The fourth-order valence-electron chi connectivity index (χ4n) is 2.98. The van der Waals surface area contributed by atoms with E-state index in [-0.39, 0.29) is 24.3 Å². The predicted molar refractivity (Wildman–Crippen MR) is 79.5 cm³/mol. The lowest BCUT2D eigenvalue weighted by atomic mass is 10.0. The van der Waals surface area contributed by atoms with Crippen LogP contribution in [0.5, 0.6) is 0 Å². The Kier molecular flexibility index (Phi) is 4.21. The Morgan fingerprint density at radius 3 is 2.55 bits per heavy atom. The average molecular weight is 312 g/mol. The van der Waals surface area contributed by atoms with Gasteiger partial charge in [0, 0.05) is 12.0 Å². The molecule has 1 saturated heterocycles. The Balaban J connectivity index is 2.34. The number of carbonyl (C=O) groups is 2. The first-order valence-corrected chi connectivity index (χ1v) is 7.44. The minimum atomic E-state index is -1.18. The summed E-state index contributed by atoms with van der Waals surface area (Å²) in [5, 5.41) is 0. The van der Waals surface area contributed by atoms with E-state index in [4.69, 9.17) is 14.2 Å². The summed E-state index contributed by atoms with van der Waals surface area (Å²) >= 11 is 0. The highest BCUT2D eigenvalue weighted by Crippen LogP contribution is 2.44. The van der Waals surface area contributed by atoms with Gasteiger partial charge < -0.3 is 14.2 Å². The highest BCUT2D eigenvalue weighted by atomic mass is 16.6. The number of nitrogens with zero attached hydrogens (tertiary/aromatic N) is 2. The maximum Gasteiger partial charge on any atom is 0.414 e. The molecule has 2 heterocycles. The first-order valence-electron chi connectivity index (χ1n) is 7.44. The van der Waals surface area contributed by atoms with Crippen molar-refractivity contribution in [3.05, 3.63) is 0 Å². The molecule has 124 valence electrons. The van der Waals surface area contributed by atoms with Crippen LogP contribution in [0.3, 0.4) is 0 Å². The monoisotopic (exact) mass is 312 g/mol. The third-order valence-corrected chi connectivity index (χ3v) is 3.85. The molecule has 1 amide bonds. The quantitative estimate of drug-likeness (QED) is 0.692. The van der Waals surface area contributed by atoms with E-state index in [1.165, 1.54) is 12.0 Å². The molecule has 0 bridgehead atoms. The number of hydrogen-bond acceptors (Lipinski definition) is 6. The number of carbonyl (C=O) groups excluding carboxylic acids is 2. The second-order valence-electron chi connectivity index (χ2n) is 6.83. The van der Waals surface area contributed by atoms with Gasteiger partial charge in [0.15, 0.2) is 5.71 Å². The Labute approximate surface area is 130 Å². The van der Waals surface area contributed by atoms with Crippen LogP contribution in [0.2, 0.25) is 0 Å². The first-order chi connectivity index (χ1) is 10.1. The van der Waals surface area contributed by atoms with Crippen molar-refractivity contribution in [1.29, 1.82) is 0 Å². The minimum Gasteiger partial charge on any atom is -0.464 e. The fourth-order valence-corrected chi connectivity index (χ4v) is 2.98. The van der Waals surface area contributed by atoms with E-state index >= 15 is 0 Å². The van der Waals surface area contributed by atoms with Crippen LogP contribution < -0.4 is 0 Å². The second kappa shape index (κ2) is 5.53. The van der Waals surface area contributed by atoms with E-state index < -0.39 is 23.5 Å². The van der Waals surface area contributed by atoms with Crippen LogP contribution >= 0.6 is 0 Å². The summed E-state index contributed by atoms with van der Waals surface area (Å²) in [5.41, 5.74) is -0.422. The van der Waals surface area contributed by atoms with E-state index in [9.17, 15) is 9.59 Å². The van der Waals surface area contributed by atoms with Crippen molar-refractivity contribution in [2.24, 2.45) is 10.9 Å². The summed E-state index contributed by atoms with van der Waals surface area (Å²) in [5.74, 6) is -1.75. The molecule has 0 aromatic rings. The second-order valence-corrected chi connectivity index (χ2v) is 6.83. The van der Waals surface area contributed by atoms with Crippen LogP contribution in [0.15, 0.2) is 4.99 Å². The Hall–Kier alpha value is -1.63. The molecule has 2 aliphatic heterocycles. The van der Waals surface area contributed by atoms with E-state index in [0.717, 1.165) is 6.42 Å². The largest absolute Gasteiger partial charge is 0.464 e. The third kappa shape index (κ3) is 2.82. The zero-order valence-electron chi connectivity index (χ0n) is 14.0. The van der Waals surface area contributed by atoms with Crippen LogP contribution in [0.1, 0.15) is 41.0 Å². The molecule has 22 heavy (non-hydrogen) atoms. The van der Waals surface area contributed by atoms with E-state index in [0.29, 0.717) is 0 Å². The van der Waals surface area contributed by atoms with Gasteiger partial charge in [-0.3, -0.25) is 4.90 Å². The van der Waals surface area contributed by atoms with Gasteiger partial charge in [0.2, 0.25) is 5.85 Å². The summed E-state index contributed by atoms with van der Waals surface area (Å²) < 4.78 is 16.0. The molecule has 3 atom stereocenters. The SMILES string of the molecule is COC(=O)C1=NC2(OC1)[C@@H](C)C[C@@H](C)N2C(=O)OC(C)(C)C. The molecule has 1 unspecified atom stereocenters. The number of aliphatic imine (C=N–C) groups is 1. The Bertz CT molecular complexity index is 511. The van der Waals surface area contributed by atoms with Gasteiger partial charge in [0.05, 0.1) is 7.11 Å². The molecule has 1 fully saturated rings. The van der Waals surface area contributed by atoms with Crippen molar-refractivity contribution in [2.75, 3.05) is 13.7 Å². The molecule has 0 aliphatic carbocycles. The van der Waals surface area contributed by atoms with Crippen LogP contribution in [0.25, 0.3) is 0 Å². The van der Waals surface area contributed by atoms with Crippen molar-refractivity contribution in [3.63, 3.8) is 0 Å². The van der Waals surface area contributed by atoms with Gasteiger partial charge in [-0.15, -0.1) is 0 Å². The normalized spacial score (nSPS) is 31.4. The van der Waals surface area contributed by atoms with Gasteiger partial charge in [-0.05, 0) is 34.1 Å². The number of amides is 1. The first kappa shape index (κ1) is 16.7. The number of likely N-dealkylation sites (tertiary alicyclic amines) is 1. The van der Waals surface area contributed by atoms with E-state index in [1.54, 1.807) is 20.8 Å². The van der Waals surface area contributed by atoms with Crippen molar-refractivity contribution in [3.8, 4) is 0 Å². The summed E-state index contributed by atoms with van der Waals surface area (Å²) in [6.45, 7) is 9.32. The molecule has 7 heteroatoms. The summed E-state index contributed by atoms with van der Waals surface area (Å²) in [6.07, 6.45) is 0.233. The lowest BCUT2D eigenvalue weighted by Crippen LogP contribution is -2.52. The Morgan fingerprint density at radius 1 is 1.36 bits per heavy atom.